The van der Waals surface area contributed by atoms with E-state index in [2.05, 4.69) is 35.3 Å². The number of benzene rings is 2. The lowest BCUT2D eigenvalue weighted by Gasteiger charge is -2.11. The van der Waals surface area contributed by atoms with Gasteiger partial charge in [-0.25, -0.2) is 4.98 Å². The molecule has 4 aromatic rings. The molecule has 2 aromatic carbocycles. The first-order valence-electron chi connectivity index (χ1n) is 8.75. The summed E-state index contributed by atoms with van der Waals surface area (Å²) >= 11 is 1.34. The minimum Gasteiger partial charge on any atom is -0.356 e. The fourth-order valence-corrected chi connectivity index (χ4v) is 3.88. The molecule has 0 aliphatic carbocycles. The van der Waals surface area contributed by atoms with Crippen LogP contribution in [0.2, 0.25) is 0 Å². The van der Waals surface area contributed by atoms with Crippen molar-refractivity contribution in [3.63, 3.8) is 0 Å². The number of rotatable bonds is 4. The summed E-state index contributed by atoms with van der Waals surface area (Å²) in [7, 11) is 1.78. The van der Waals surface area contributed by atoms with Crippen molar-refractivity contribution in [3.8, 4) is 21.8 Å². The fourth-order valence-electron chi connectivity index (χ4n) is 2.97. The number of nitrogens with zero attached hydrogens (tertiary/aromatic N) is 3. The van der Waals surface area contributed by atoms with E-state index in [4.69, 9.17) is 4.52 Å². The molecule has 0 aliphatic heterocycles. The van der Waals surface area contributed by atoms with Crippen LogP contribution in [-0.2, 0) is 0 Å². The Kier molecular flexibility index (Phi) is 4.49. The minimum absolute atomic E-state index is 0.0316. The van der Waals surface area contributed by atoms with Crippen LogP contribution in [-0.4, -0.2) is 34.5 Å². The lowest BCUT2D eigenvalue weighted by atomic mass is 10.00. The molecule has 0 saturated carbocycles. The normalized spacial score (nSPS) is 11.1. The van der Waals surface area contributed by atoms with E-state index >= 15 is 0 Å². The Morgan fingerprint density at radius 2 is 2.04 bits per heavy atom. The van der Waals surface area contributed by atoms with E-state index in [0.29, 0.717) is 27.7 Å². The molecule has 136 valence electrons. The predicted octanol–water partition coefficient (Wildman–Crippen LogP) is 5.02. The lowest BCUT2D eigenvalue weighted by molar-refractivity contribution is 0.0807. The van der Waals surface area contributed by atoms with Gasteiger partial charge in [0.2, 0.25) is 0 Å². The second kappa shape index (κ2) is 6.96. The number of thiazole rings is 1. The van der Waals surface area contributed by atoms with Crippen molar-refractivity contribution >= 4 is 28.2 Å². The van der Waals surface area contributed by atoms with Gasteiger partial charge in [0.15, 0.2) is 5.58 Å². The summed E-state index contributed by atoms with van der Waals surface area (Å²) in [6, 6.07) is 14.3. The van der Waals surface area contributed by atoms with Gasteiger partial charge in [-0.15, -0.1) is 11.3 Å². The van der Waals surface area contributed by atoms with Crippen LogP contribution in [0.15, 0.2) is 53.2 Å². The van der Waals surface area contributed by atoms with Crippen LogP contribution < -0.4 is 0 Å². The van der Waals surface area contributed by atoms with Gasteiger partial charge in [-0.3, -0.25) is 4.79 Å². The molecule has 2 aromatic heterocycles. The Morgan fingerprint density at radius 1 is 1.22 bits per heavy atom. The number of carbonyl (C=O) groups excluding carboxylic acids is 1. The minimum atomic E-state index is -0.0316. The fraction of sp³-hybridized carbons (Fsp3) is 0.190. The average molecular weight is 377 g/mol. The Bertz CT molecular complexity index is 1130. The van der Waals surface area contributed by atoms with E-state index in [1.54, 1.807) is 18.1 Å². The molecule has 0 atom stereocenters. The van der Waals surface area contributed by atoms with E-state index in [-0.39, 0.29) is 5.91 Å². The second-order valence-corrected chi connectivity index (χ2v) is 7.44. The standard InChI is InChI=1S/C21H19N3O2S/c1-4-24(3)21(25)18-12-22-20(27-18)19-16-10-9-14(11-17(16)26-23-19)15-8-6-5-7-13(15)2/h5-12H,4H2,1-3H3. The molecule has 5 nitrogen and oxygen atoms in total. The van der Waals surface area contributed by atoms with Gasteiger partial charge in [0, 0.05) is 13.6 Å². The Morgan fingerprint density at radius 3 is 2.81 bits per heavy atom. The highest BCUT2D eigenvalue weighted by atomic mass is 32.1. The molecule has 1 amide bonds. The second-order valence-electron chi connectivity index (χ2n) is 6.41. The summed E-state index contributed by atoms with van der Waals surface area (Å²) < 4.78 is 5.57. The van der Waals surface area contributed by atoms with E-state index in [0.717, 1.165) is 10.9 Å². The maximum absolute atomic E-state index is 12.3. The number of hydrogen-bond donors (Lipinski definition) is 0. The summed E-state index contributed by atoms with van der Waals surface area (Å²) in [4.78, 5) is 19.0. The molecule has 0 aliphatic rings. The first kappa shape index (κ1) is 17.4. The molecular weight excluding hydrogens is 358 g/mol. The number of fused-ring (bicyclic) bond motifs is 1. The number of hydrogen-bond acceptors (Lipinski definition) is 5. The lowest BCUT2D eigenvalue weighted by Crippen LogP contribution is -2.25. The molecule has 0 radical (unpaired) electrons. The number of amides is 1. The zero-order chi connectivity index (χ0) is 19.0. The quantitative estimate of drug-likeness (QED) is 0.501. The highest BCUT2D eigenvalue weighted by Gasteiger charge is 2.19. The van der Waals surface area contributed by atoms with E-state index < -0.39 is 0 Å². The van der Waals surface area contributed by atoms with Crippen LogP contribution in [0.5, 0.6) is 0 Å². The topological polar surface area (TPSA) is 59.2 Å². The molecule has 27 heavy (non-hydrogen) atoms. The molecule has 0 fully saturated rings. The van der Waals surface area contributed by atoms with Gasteiger partial charge in [-0.2, -0.15) is 0 Å². The van der Waals surface area contributed by atoms with Crippen LogP contribution in [0.25, 0.3) is 32.8 Å². The largest absolute Gasteiger partial charge is 0.356 e. The van der Waals surface area contributed by atoms with E-state index in [1.807, 2.05) is 31.2 Å². The smallest absolute Gasteiger partial charge is 0.265 e. The van der Waals surface area contributed by atoms with Crippen molar-refractivity contribution in [2.24, 2.45) is 0 Å². The number of aryl methyl sites for hydroxylation is 1. The predicted molar refractivity (Wildman–Crippen MR) is 108 cm³/mol. The first-order valence-corrected chi connectivity index (χ1v) is 9.57. The van der Waals surface area contributed by atoms with E-state index in [9.17, 15) is 4.79 Å². The molecule has 6 heteroatoms. The molecule has 0 spiro atoms. The van der Waals surface area contributed by atoms with Crippen LogP contribution in [0.4, 0.5) is 0 Å². The van der Waals surface area contributed by atoms with Crippen molar-refractivity contribution < 1.29 is 9.32 Å². The molecule has 2 heterocycles. The molecule has 0 saturated heterocycles. The molecule has 4 rings (SSSR count). The van der Waals surface area contributed by atoms with Crippen molar-refractivity contribution in [1.29, 1.82) is 0 Å². The average Bonchev–Trinajstić information content (AvgIpc) is 3.33. The van der Waals surface area contributed by atoms with Gasteiger partial charge in [-0.05, 0) is 42.7 Å². The Balaban J connectivity index is 1.72. The molecular formula is C21H19N3O2S. The summed E-state index contributed by atoms with van der Waals surface area (Å²) in [6.45, 7) is 4.68. The summed E-state index contributed by atoms with van der Waals surface area (Å²) in [5.41, 5.74) is 4.84. The van der Waals surface area contributed by atoms with Crippen LogP contribution in [0.1, 0.15) is 22.2 Å². The maximum atomic E-state index is 12.3. The van der Waals surface area contributed by atoms with Crippen LogP contribution in [0, 0.1) is 6.92 Å². The van der Waals surface area contributed by atoms with Gasteiger partial charge < -0.3 is 9.42 Å². The van der Waals surface area contributed by atoms with Crippen LogP contribution >= 0.6 is 11.3 Å². The van der Waals surface area contributed by atoms with Gasteiger partial charge in [0.1, 0.15) is 15.6 Å². The monoisotopic (exact) mass is 377 g/mol. The summed E-state index contributed by atoms with van der Waals surface area (Å²) in [5, 5.41) is 5.79. The van der Waals surface area contributed by atoms with Crippen molar-refractivity contribution in [2.45, 2.75) is 13.8 Å². The van der Waals surface area contributed by atoms with Gasteiger partial charge in [0.25, 0.3) is 5.91 Å². The summed E-state index contributed by atoms with van der Waals surface area (Å²) in [5.74, 6) is -0.0316. The molecule has 0 N–H and O–H groups in total. The SMILES string of the molecule is CCN(C)C(=O)c1cnc(-c2noc3cc(-c4ccccc4C)ccc23)s1. The van der Waals surface area contributed by atoms with Crippen molar-refractivity contribution in [2.75, 3.05) is 13.6 Å². The number of aromatic nitrogens is 2. The zero-order valence-electron chi connectivity index (χ0n) is 15.4. The highest BCUT2D eigenvalue weighted by Crippen LogP contribution is 2.34. The van der Waals surface area contributed by atoms with E-state index in [1.165, 1.54) is 22.5 Å². The van der Waals surface area contributed by atoms with Gasteiger partial charge >= 0.3 is 0 Å². The first-order chi connectivity index (χ1) is 13.1. The van der Waals surface area contributed by atoms with Crippen molar-refractivity contribution in [3.05, 3.63) is 59.1 Å². The highest BCUT2D eigenvalue weighted by molar-refractivity contribution is 7.17. The Hall–Kier alpha value is -2.99. The van der Waals surface area contributed by atoms with Gasteiger partial charge in [-0.1, -0.05) is 35.5 Å². The summed E-state index contributed by atoms with van der Waals surface area (Å²) in [6.07, 6.45) is 1.61. The third-order valence-corrected chi connectivity index (χ3v) is 5.66. The molecule has 0 unspecified atom stereocenters. The maximum Gasteiger partial charge on any atom is 0.265 e. The third kappa shape index (κ3) is 3.13. The number of carbonyl (C=O) groups is 1. The third-order valence-electron chi connectivity index (χ3n) is 4.67. The zero-order valence-corrected chi connectivity index (χ0v) is 16.2. The molecule has 0 bridgehead atoms. The van der Waals surface area contributed by atoms with Gasteiger partial charge in [0.05, 0.1) is 11.6 Å². The van der Waals surface area contributed by atoms with Crippen LogP contribution in [0.3, 0.4) is 0 Å². The Labute approximate surface area is 161 Å². The van der Waals surface area contributed by atoms with Crippen molar-refractivity contribution in [1.82, 2.24) is 15.0 Å².